The van der Waals surface area contributed by atoms with Crippen molar-refractivity contribution in [2.45, 2.75) is 56.2 Å². The van der Waals surface area contributed by atoms with E-state index < -0.39 is 33.2 Å². The lowest BCUT2D eigenvalue weighted by molar-refractivity contribution is -0.275. The molecule has 2 aliphatic heterocycles. The Balaban J connectivity index is 1.67. The lowest BCUT2D eigenvalue weighted by atomic mass is 9.98. The number of hydrogen-bond donors (Lipinski definition) is 0. The van der Waals surface area contributed by atoms with Gasteiger partial charge in [0.05, 0.1) is 6.17 Å². The highest BCUT2D eigenvalue weighted by molar-refractivity contribution is 7.89. The second-order valence-corrected chi connectivity index (χ2v) is 11.5. The molecule has 192 valence electrons. The minimum Gasteiger partial charge on any atom is -0.404 e. The van der Waals surface area contributed by atoms with E-state index >= 15 is 0 Å². The summed E-state index contributed by atoms with van der Waals surface area (Å²) >= 11 is 6.04. The van der Waals surface area contributed by atoms with Crippen LogP contribution in [0.5, 0.6) is 5.75 Å². The van der Waals surface area contributed by atoms with Crippen molar-refractivity contribution in [3.63, 3.8) is 0 Å². The second-order valence-electron chi connectivity index (χ2n) is 9.21. The van der Waals surface area contributed by atoms with Crippen LogP contribution >= 0.6 is 11.6 Å². The van der Waals surface area contributed by atoms with Crippen molar-refractivity contribution in [1.82, 2.24) is 14.1 Å². The highest BCUT2D eigenvalue weighted by atomic mass is 35.5. The van der Waals surface area contributed by atoms with Crippen LogP contribution in [0.15, 0.2) is 53.4 Å². The van der Waals surface area contributed by atoms with Crippen LogP contribution in [0.3, 0.4) is 0 Å². The molecule has 2 aromatic carbocycles. The van der Waals surface area contributed by atoms with Crippen LogP contribution in [-0.2, 0) is 16.4 Å². The minimum atomic E-state index is -5.00. The van der Waals surface area contributed by atoms with Gasteiger partial charge in [-0.15, -0.1) is 13.2 Å². The zero-order valence-electron chi connectivity index (χ0n) is 19.6. The number of hydrogen-bond acceptors (Lipinski definition) is 5. The number of ether oxygens (including phenoxy) is 1. The van der Waals surface area contributed by atoms with Gasteiger partial charge in [0, 0.05) is 43.3 Å². The van der Waals surface area contributed by atoms with Crippen molar-refractivity contribution in [2.24, 2.45) is 0 Å². The molecule has 0 saturated carbocycles. The molecular formula is C24H29ClF3N3O3S. The molecule has 2 heterocycles. The van der Waals surface area contributed by atoms with Gasteiger partial charge in [-0.3, -0.25) is 9.80 Å². The Morgan fingerprint density at radius 2 is 1.74 bits per heavy atom. The summed E-state index contributed by atoms with van der Waals surface area (Å²) in [4.78, 5) is 3.94. The summed E-state index contributed by atoms with van der Waals surface area (Å²) < 4.78 is 71.9. The molecule has 2 saturated heterocycles. The summed E-state index contributed by atoms with van der Waals surface area (Å²) in [6.07, 6.45) is -4.21. The van der Waals surface area contributed by atoms with E-state index in [1.807, 2.05) is 24.3 Å². The second kappa shape index (κ2) is 10.3. The van der Waals surface area contributed by atoms with Gasteiger partial charge in [-0.2, -0.15) is 4.31 Å². The molecule has 0 aromatic heterocycles. The molecule has 2 fully saturated rings. The third kappa shape index (κ3) is 5.94. The quantitative estimate of drug-likeness (QED) is 0.545. The van der Waals surface area contributed by atoms with E-state index in [2.05, 4.69) is 28.4 Å². The average molecular weight is 532 g/mol. The third-order valence-corrected chi connectivity index (χ3v) is 8.79. The predicted octanol–water partition coefficient (Wildman–Crippen LogP) is 4.60. The minimum absolute atomic E-state index is 0.0389. The van der Waals surface area contributed by atoms with E-state index in [4.69, 9.17) is 11.6 Å². The maximum atomic E-state index is 13.7. The normalized spacial score (nSPS) is 22.8. The van der Waals surface area contributed by atoms with Gasteiger partial charge in [0.15, 0.2) is 0 Å². The number of benzene rings is 2. The highest BCUT2D eigenvalue weighted by Crippen LogP contribution is 2.35. The Kier molecular flexibility index (Phi) is 7.68. The smallest absolute Gasteiger partial charge is 0.404 e. The summed E-state index contributed by atoms with van der Waals surface area (Å²) in [6.45, 7) is 6.28. The zero-order chi connectivity index (χ0) is 25.4. The van der Waals surface area contributed by atoms with Crippen LogP contribution in [0, 0.1) is 0 Å². The molecule has 0 aliphatic carbocycles. The highest BCUT2D eigenvalue weighted by Gasteiger charge is 2.46. The zero-order valence-corrected chi connectivity index (χ0v) is 21.2. The summed E-state index contributed by atoms with van der Waals surface area (Å²) in [6, 6.07) is 12.8. The number of rotatable bonds is 6. The SMILES string of the molecule is CC(C)N1CC(Cc2ccc(Cl)cc2)N2CCCN(S(=O)(=O)c3ccccc3OC(F)(F)F)C2C1. The fraction of sp³-hybridized carbons (Fsp3) is 0.500. The molecule has 0 spiro atoms. The van der Waals surface area contributed by atoms with Crippen LogP contribution in [0.2, 0.25) is 5.02 Å². The first-order valence-electron chi connectivity index (χ1n) is 11.6. The number of piperazine rings is 1. The van der Waals surface area contributed by atoms with Crippen molar-refractivity contribution >= 4 is 21.6 Å². The first-order valence-corrected chi connectivity index (χ1v) is 13.4. The molecule has 35 heavy (non-hydrogen) atoms. The van der Waals surface area contributed by atoms with Gasteiger partial charge in [-0.05, 0) is 56.5 Å². The van der Waals surface area contributed by atoms with Gasteiger partial charge in [-0.25, -0.2) is 8.42 Å². The Bertz CT molecular complexity index is 1130. The van der Waals surface area contributed by atoms with Gasteiger partial charge >= 0.3 is 6.36 Å². The first kappa shape index (κ1) is 26.2. The van der Waals surface area contributed by atoms with E-state index in [1.165, 1.54) is 22.5 Å². The monoisotopic (exact) mass is 531 g/mol. The molecule has 6 nitrogen and oxygen atoms in total. The lowest BCUT2D eigenvalue weighted by Crippen LogP contribution is -2.68. The van der Waals surface area contributed by atoms with Crippen LogP contribution in [0.4, 0.5) is 13.2 Å². The van der Waals surface area contributed by atoms with Crippen LogP contribution in [-0.4, -0.2) is 73.3 Å². The number of halogens is 4. The van der Waals surface area contributed by atoms with Crippen molar-refractivity contribution in [3.05, 3.63) is 59.1 Å². The van der Waals surface area contributed by atoms with E-state index in [1.54, 1.807) is 0 Å². The molecule has 2 aromatic rings. The molecule has 2 aliphatic rings. The van der Waals surface area contributed by atoms with Gasteiger partial charge in [-0.1, -0.05) is 35.9 Å². The first-order chi connectivity index (χ1) is 16.5. The number of sulfonamides is 1. The standard InChI is InChI=1S/C24H29ClF3N3O3S/c1-17(2)29-15-20(14-18-8-10-19(25)11-9-18)30-12-5-13-31(23(30)16-29)35(32,33)22-7-4-3-6-21(22)34-24(26,27)28/h3-4,6-11,17,20,23H,5,12-16H2,1-2H3. The van der Waals surface area contributed by atoms with E-state index in [9.17, 15) is 21.6 Å². The summed E-state index contributed by atoms with van der Waals surface area (Å²) in [5.74, 6) is -0.716. The topological polar surface area (TPSA) is 53.1 Å². The van der Waals surface area contributed by atoms with Gasteiger partial charge in [0.2, 0.25) is 10.0 Å². The van der Waals surface area contributed by atoms with Crippen molar-refractivity contribution in [2.75, 3.05) is 26.2 Å². The van der Waals surface area contributed by atoms with E-state index in [0.717, 1.165) is 18.2 Å². The Morgan fingerprint density at radius 1 is 1.06 bits per heavy atom. The molecule has 11 heteroatoms. The molecule has 2 unspecified atom stereocenters. The summed E-state index contributed by atoms with van der Waals surface area (Å²) in [5.41, 5.74) is 1.09. The summed E-state index contributed by atoms with van der Waals surface area (Å²) in [7, 11) is -4.26. The average Bonchev–Trinajstić information content (AvgIpc) is 2.79. The molecule has 0 N–H and O–H groups in total. The van der Waals surface area contributed by atoms with E-state index in [0.29, 0.717) is 31.0 Å². The molecule has 0 bridgehead atoms. The van der Waals surface area contributed by atoms with Crippen LogP contribution in [0.25, 0.3) is 0 Å². The third-order valence-electron chi connectivity index (χ3n) is 6.60. The number of nitrogens with zero attached hydrogens (tertiary/aromatic N) is 3. The molecule has 0 amide bonds. The number of alkyl halides is 3. The fourth-order valence-electron chi connectivity index (χ4n) is 4.93. The number of fused-ring (bicyclic) bond motifs is 1. The number of para-hydroxylation sites is 1. The van der Waals surface area contributed by atoms with Gasteiger partial charge < -0.3 is 4.74 Å². The molecular weight excluding hydrogens is 503 g/mol. The summed E-state index contributed by atoms with van der Waals surface area (Å²) in [5, 5.41) is 0.647. The maximum absolute atomic E-state index is 13.7. The van der Waals surface area contributed by atoms with Crippen molar-refractivity contribution in [1.29, 1.82) is 0 Å². The fourth-order valence-corrected chi connectivity index (χ4v) is 6.80. The maximum Gasteiger partial charge on any atom is 0.573 e. The van der Waals surface area contributed by atoms with Crippen LogP contribution < -0.4 is 4.74 Å². The largest absolute Gasteiger partial charge is 0.573 e. The Hall–Kier alpha value is -1.85. The van der Waals surface area contributed by atoms with Crippen LogP contribution in [0.1, 0.15) is 25.8 Å². The predicted molar refractivity (Wildman–Crippen MR) is 128 cm³/mol. The van der Waals surface area contributed by atoms with Crippen molar-refractivity contribution in [3.8, 4) is 5.75 Å². The molecule has 0 radical (unpaired) electrons. The van der Waals surface area contributed by atoms with Gasteiger partial charge in [0.1, 0.15) is 10.6 Å². The van der Waals surface area contributed by atoms with E-state index in [-0.39, 0.29) is 18.6 Å². The van der Waals surface area contributed by atoms with Gasteiger partial charge in [0.25, 0.3) is 0 Å². The Labute approximate surface area is 209 Å². The lowest BCUT2D eigenvalue weighted by Gasteiger charge is -2.53. The van der Waals surface area contributed by atoms with Crippen molar-refractivity contribution < 1.29 is 26.3 Å². The molecule has 4 rings (SSSR count). The Morgan fingerprint density at radius 3 is 2.40 bits per heavy atom. The molecule has 2 atom stereocenters.